The molecule has 234 valence electrons. The molecule has 0 unspecified atom stereocenters. The van der Waals surface area contributed by atoms with Crippen LogP contribution < -0.4 is 9.47 Å². The molecule has 0 saturated carbocycles. The minimum absolute atomic E-state index is 0.362. The van der Waals surface area contributed by atoms with Crippen molar-refractivity contribution in [1.82, 2.24) is 35.0 Å². The van der Waals surface area contributed by atoms with Gasteiger partial charge in [-0.25, -0.2) is 0 Å². The second-order valence-electron chi connectivity index (χ2n) is 10.7. The Kier molecular flexibility index (Phi) is 8.28. The van der Waals surface area contributed by atoms with Crippen molar-refractivity contribution >= 4 is 11.8 Å². The van der Waals surface area contributed by atoms with Gasteiger partial charge in [0.2, 0.25) is 5.82 Å². The monoisotopic (exact) mass is 641 g/mol. The number of furan rings is 1. The van der Waals surface area contributed by atoms with E-state index in [-0.39, 0.29) is 0 Å². The van der Waals surface area contributed by atoms with Gasteiger partial charge in [0.05, 0.1) is 20.0 Å². The predicted octanol–water partition coefficient (Wildman–Crippen LogP) is 6.97. The van der Waals surface area contributed by atoms with E-state index in [0.717, 1.165) is 22.5 Å². The Morgan fingerprint density at radius 2 is 1.26 bits per heavy atom. The molecule has 10 nitrogen and oxygen atoms in total. The van der Waals surface area contributed by atoms with Gasteiger partial charge in [-0.15, -0.1) is 25.2 Å². The molecular formula is C36H31N7O3S. The van der Waals surface area contributed by atoms with Crippen LogP contribution in [0.2, 0.25) is 0 Å². The molecule has 3 heterocycles. The summed E-state index contributed by atoms with van der Waals surface area (Å²) in [7, 11) is 3.24. The van der Waals surface area contributed by atoms with Gasteiger partial charge in [-0.2, -0.15) is 0 Å². The van der Waals surface area contributed by atoms with Gasteiger partial charge in [-0.1, -0.05) is 109 Å². The summed E-state index contributed by atoms with van der Waals surface area (Å²) in [5.74, 6) is 3.92. The number of aryl methyl sites for hydroxylation is 1. The first-order chi connectivity index (χ1) is 23.1. The zero-order valence-corrected chi connectivity index (χ0v) is 26.8. The first kappa shape index (κ1) is 30.0. The molecule has 0 spiro atoms. The summed E-state index contributed by atoms with van der Waals surface area (Å²) < 4.78 is 19.4. The normalized spacial score (nSPS) is 11.5. The van der Waals surface area contributed by atoms with Crippen LogP contribution in [-0.4, -0.2) is 49.2 Å². The highest BCUT2D eigenvalue weighted by molar-refractivity contribution is 7.98. The molecule has 47 heavy (non-hydrogen) atoms. The van der Waals surface area contributed by atoms with Gasteiger partial charge in [0, 0.05) is 0 Å². The summed E-state index contributed by atoms with van der Waals surface area (Å²) in [5, 5.41) is 23.9. The van der Waals surface area contributed by atoms with Gasteiger partial charge in [-0.3, -0.25) is 4.57 Å². The topological polar surface area (TPSA) is 106 Å². The first-order valence-electron chi connectivity index (χ1n) is 15.0. The first-order valence-corrected chi connectivity index (χ1v) is 15.9. The van der Waals surface area contributed by atoms with Gasteiger partial charge >= 0.3 is 0 Å². The Balaban J connectivity index is 1.32. The summed E-state index contributed by atoms with van der Waals surface area (Å²) in [6.45, 7) is 1.89. The van der Waals surface area contributed by atoms with Crippen molar-refractivity contribution in [2.24, 2.45) is 0 Å². The third-order valence-corrected chi connectivity index (χ3v) is 8.80. The van der Waals surface area contributed by atoms with Crippen molar-refractivity contribution < 1.29 is 13.9 Å². The molecule has 0 atom stereocenters. The highest BCUT2D eigenvalue weighted by Crippen LogP contribution is 2.41. The number of nitrogens with zero attached hydrogens (tertiary/aromatic N) is 7. The second kappa shape index (κ2) is 13.0. The molecule has 0 aliphatic heterocycles. The van der Waals surface area contributed by atoms with E-state index in [1.54, 1.807) is 19.0 Å². The predicted molar refractivity (Wildman–Crippen MR) is 179 cm³/mol. The fraction of sp³-hybridized carbons (Fsp3) is 0.139. The Labute approximate surface area is 276 Å². The summed E-state index contributed by atoms with van der Waals surface area (Å²) >= 11 is 1.43. The summed E-state index contributed by atoms with van der Waals surface area (Å²) in [4.78, 5) is 1.72. The molecule has 4 aromatic carbocycles. The van der Waals surface area contributed by atoms with Gasteiger partial charge < -0.3 is 13.9 Å². The van der Waals surface area contributed by atoms with E-state index in [0.29, 0.717) is 45.5 Å². The summed E-state index contributed by atoms with van der Waals surface area (Å²) in [5.41, 5.74) is 2.82. The molecule has 0 N–H and O–H groups in total. The maximum Gasteiger partial charge on any atom is 0.205 e. The molecule has 11 heteroatoms. The van der Waals surface area contributed by atoms with E-state index in [1.165, 1.54) is 11.8 Å². The zero-order chi connectivity index (χ0) is 32.2. The number of tetrazole rings is 1. The Bertz CT molecular complexity index is 1970. The van der Waals surface area contributed by atoms with E-state index >= 15 is 0 Å². The SMILES string of the molecule is COc1cccc(OC)c1-n1c(SCc2nnn(C(c3ccccc3)(c3ccccc3)c3ccccc3)n2)nnc1-c1ccc(C)o1. The fourth-order valence-electron chi connectivity index (χ4n) is 5.79. The Morgan fingerprint density at radius 1 is 0.681 bits per heavy atom. The molecule has 0 aliphatic carbocycles. The third kappa shape index (κ3) is 5.44. The lowest BCUT2D eigenvalue weighted by atomic mass is 9.77. The lowest BCUT2D eigenvalue weighted by Gasteiger charge is -2.34. The van der Waals surface area contributed by atoms with Crippen molar-refractivity contribution in [3.05, 3.63) is 150 Å². The Hall–Kier alpha value is -5.68. The van der Waals surface area contributed by atoms with Gasteiger partial charge in [-0.05, 0) is 53.1 Å². The summed E-state index contributed by atoms with van der Waals surface area (Å²) in [6.07, 6.45) is 0. The quantitative estimate of drug-likeness (QED) is 0.109. The molecular weight excluding hydrogens is 611 g/mol. The fourth-order valence-corrected chi connectivity index (χ4v) is 6.57. The maximum atomic E-state index is 5.97. The molecule has 7 aromatic rings. The zero-order valence-electron chi connectivity index (χ0n) is 26.0. The molecule has 0 aliphatic rings. The number of aromatic nitrogens is 7. The number of hydrogen-bond acceptors (Lipinski definition) is 9. The van der Waals surface area contributed by atoms with Crippen LogP contribution in [0.1, 0.15) is 28.3 Å². The highest BCUT2D eigenvalue weighted by atomic mass is 32.2. The van der Waals surface area contributed by atoms with E-state index in [4.69, 9.17) is 19.0 Å². The van der Waals surface area contributed by atoms with E-state index in [1.807, 2.05) is 96.4 Å². The molecule has 0 amide bonds. The Morgan fingerprint density at radius 3 is 1.77 bits per heavy atom. The number of hydrogen-bond donors (Lipinski definition) is 0. The second-order valence-corrected chi connectivity index (χ2v) is 11.6. The largest absolute Gasteiger partial charge is 0.494 e. The number of para-hydroxylation sites is 1. The number of ether oxygens (including phenoxy) is 2. The highest BCUT2D eigenvalue weighted by Gasteiger charge is 2.41. The molecule has 0 bridgehead atoms. The number of benzene rings is 4. The van der Waals surface area contributed by atoms with Crippen LogP contribution in [0.25, 0.3) is 17.3 Å². The molecule has 3 aromatic heterocycles. The lowest BCUT2D eigenvalue weighted by Crippen LogP contribution is -2.39. The average Bonchev–Trinajstić information content (AvgIpc) is 3.89. The van der Waals surface area contributed by atoms with Crippen molar-refractivity contribution in [2.45, 2.75) is 23.4 Å². The smallest absolute Gasteiger partial charge is 0.205 e. The molecule has 0 radical (unpaired) electrons. The minimum atomic E-state index is -0.866. The minimum Gasteiger partial charge on any atom is -0.494 e. The van der Waals surface area contributed by atoms with Gasteiger partial charge in [0.15, 0.2) is 22.3 Å². The van der Waals surface area contributed by atoms with Crippen LogP contribution in [0.15, 0.2) is 131 Å². The van der Waals surface area contributed by atoms with Crippen LogP contribution in [0, 0.1) is 6.92 Å². The van der Waals surface area contributed by atoms with Gasteiger partial charge in [0.25, 0.3) is 0 Å². The molecule has 7 rings (SSSR count). The van der Waals surface area contributed by atoms with Crippen LogP contribution >= 0.6 is 11.8 Å². The average molecular weight is 642 g/mol. The van der Waals surface area contributed by atoms with E-state index < -0.39 is 5.54 Å². The van der Waals surface area contributed by atoms with Crippen molar-refractivity contribution in [2.75, 3.05) is 14.2 Å². The number of methoxy groups -OCH3 is 2. The van der Waals surface area contributed by atoms with Crippen LogP contribution in [0.4, 0.5) is 0 Å². The molecule has 0 saturated heterocycles. The third-order valence-electron chi connectivity index (χ3n) is 7.88. The summed E-state index contributed by atoms with van der Waals surface area (Å²) in [6, 6.07) is 40.1. The number of rotatable bonds is 11. The molecule has 0 fully saturated rings. The number of thioether (sulfide) groups is 1. The van der Waals surface area contributed by atoms with Crippen LogP contribution in [0.3, 0.4) is 0 Å². The van der Waals surface area contributed by atoms with Crippen LogP contribution in [0.5, 0.6) is 11.5 Å². The van der Waals surface area contributed by atoms with Crippen molar-refractivity contribution in [3.63, 3.8) is 0 Å². The van der Waals surface area contributed by atoms with Crippen molar-refractivity contribution in [1.29, 1.82) is 0 Å². The lowest BCUT2D eigenvalue weighted by molar-refractivity contribution is 0.390. The van der Waals surface area contributed by atoms with Crippen LogP contribution in [-0.2, 0) is 11.3 Å². The maximum absolute atomic E-state index is 5.97. The van der Waals surface area contributed by atoms with E-state index in [2.05, 4.69) is 56.9 Å². The van der Waals surface area contributed by atoms with E-state index in [9.17, 15) is 0 Å². The van der Waals surface area contributed by atoms with Crippen molar-refractivity contribution in [3.8, 4) is 28.8 Å². The van der Waals surface area contributed by atoms with Gasteiger partial charge in [0.1, 0.15) is 22.9 Å². The standard InChI is InChI=1S/C36H31N7O3S/c1-25-22-23-31(46-25)34-38-39-35(42(34)33-29(44-2)20-13-21-30(33)45-3)47-24-32-37-41-43(40-32)36(26-14-7-4-8-15-26,27-16-9-5-10-17-27)28-18-11-6-12-19-28/h4-23H,24H2,1-3H3.